The van der Waals surface area contributed by atoms with Crippen LogP contribution in [0.2, 0.25) is 0 Å². The molecule has 0 spiro atoms. The van der Waals surface area contributed by atoms with Crippen LogP contribution >= 0.6 is 15.9 Å². The van der Waals surface area contributed by atoms with Crippen molar-refractivity contribution in [2.75, 3.05) is 12.3 Å². The van der Waals surface area contributed by atoms with Crippen molar-refractivity contribution in [3.05, 3.63) is 27.7 Å². The van der Waals surface area contributed by atoms with Crippen LogP contribution in [0.3, 0.4) is 0 Å². The van der Waals surface area contributed by atoms with Gasteiger partial charge in [0, 0.05) is 16.1 Å². The molecule has 4 nitrogen and oxygen atoms in total. The Balaban J connectivity index is 2.09. The van der Waals surface area contributed by atoms with E-state index in [1.165, 1.54) is 6.42 Å². The highest BCUT2D eigenvalue weighted by Crippen LogP contribution is 2.25. The van der Waals surface area contributed by atoms with Gasteiger partial charge in [-0.15, -0.1) is 0 Å². The SMILES string of the molecule is N#Cc1cc(C(=O)CNC2CCC2)cc(Br)c1N. The monoisotopic (exact) mass is 307 g/mol. The highest BCUT2D eigenvalue weighted by molar-refractivity contribution is 9.10. The number of carbonyl (C=O) groups excluding carboxylic acids is 1. The molecule has 5 heteroatoms. The van der Waals surface area contributed by atoms with Crippen molar-refractivity contribution in [1.82, 2.24) is 5.32 Å². The Labute approximate surface area is 114 Å². The fraction of sp³-hybridized carbons (Fsp3) is 0.385. The van der Waals surface area contributed by atoms with Crippen molar-refractivity contribution >= 4 is 27.4 Å². The summed E-state index contributed by atoms with van der Waals surface area (Å²) in [6.07, 6.45) is 3.52. The average molecular weight is 308 g/mol. The molecule has 1 aliphatic rings. The molecule has 0 aromatic heterocycles. The number of nitrogen functional groups attached to an aromatic ring is 1. The van der Waals surface area contributed by atoms with Crippen LogP contribution in [-0.4, -0.2) is 18.4 Å². The van der Waals surface area contributed by atoms with Crippen LogP contribution in [0.1, 0.15) is 35.2 Å². The van der Waals surface area contributed by atoms with Crippen LogP contribution in [0.25, 0.3) is 0 Å². The Hall–Kier alpha value is -1.38. The van der Waals surface area contributed by atoms with Gasteiger partial charge in [0.2, 0.25) is 0 Å². The standard InChI is InChI=1S/C13H14BrN3O/c14-11-5-8(4-9(6-15)13(11)16)12(18)7-17-10-2-1-3-10/h4-5,10,17H,1-3,7,16H2. The zero-order valence-corrected chi connectivity index (χ0v) is 11.5. The third kappa shape index (κ3) is 2.71. The summed E-state index contributed by atoms with van der Waals surface area (Å²) in [5.74, 6) is -0.0147. The van der Waals surface area contributed by atoms with E-state index in [4.69, 9.17) is 11.0 Å². The van der Waals surface area contributed by atoms with Crippen LogP contribution < -0.4 is 11.1 Å². The summed E-state index contributed by atoms with van der Waals surface area (Å²) < 4.78 is 0.591. The first-order valence-corrected chi connectivity index (χ1v) is 6.67. The summed E-state index contributed by atoms with van der Waals surface area (Å²) >= 11 is 3.26. The van der Waals surface area contributed by atoms with Crippen LogP contribution in [0.15, 0.2) is 16.6 Å². The van der Waals surface area contributed by atoms with E-state index in [1.54, 1.807) is 12.1 Å². The first kappa shape index (κ1) is 13.1. The second-order valence-corrected chi connectivity index (χ2v) is 5.32. The number of nitrogens with one attached hydrogen (secondary N) is 1. The molecule has 1 aromatic carbocycles. The number of hydrogen-bond donors (Lipinski definition) is 2. The van der Waals surface area contributed by atoms with E-state index >= 15 is 0 Å². The van der Waals surface area contributed by atoms with Gasteiger partial charge < -0.3 is 11.1 Å². The minimum Gasteiger partial charge on any atom is -0.397 e. The average Bonchev–Trinajstić information content (AvgIpc) is 2.30. The number of nitriles is 1. The molecule has 18 heavy (non-hydrogen) atoms. The summed E-state index contributed by atoms with van der Waals surface area (Å²) in [7, 11) is 0. The molecule has 0 bridgehead atoms. The Kier molecular flexibility index (Phi) is 4.00. The van der Waals surface area contributed by atoms with Crippen molar-refractivity contribution in [3.8, 4) is 6.07 Å². The normalized spacial score (nSPS) is 14.9. The Morgan fingerprint density at radius 3 is 2.83 bits per heavy atom. The zero-order chi connectivity index (χ0) is 13.1. The third-order valence-corrected chi connectivity index (χ3v) is 3.88. The molecule has 0 unspecified atom stereocenters. The number of Topliss-reactive ketones (excluding diaryl/α,β-unsaturated/α-hetero) is 1. The maximum absolute atomic E-state index is 12.0. The first-order valence-electron chi connectivity index (χ1n) is 5.87. The van der Waals surface area contributed by atoms with Gasteiger partial charge in [-0.25, -0.2) is 0 Å². The molecule has 2 rings (SSSR count). The fourth-order valence-corrected chi connectivity index (χ4v) is 2.28. The number of ketones is 1. The van der Waals surface area contributed by atoms with Gasteiger partial charge in [0.15, 0.2) is 5.78 Å². The van der Waals surface area contributed by atoms with Crippen molar-refractivity contribution < 1.29 is 4.79 Å². The van der Waals surface area contributed by atoms with E-state index in [0.717, 1.165) is 12.8 Å². The molecular formula is C13H14BrN3O. The summed E-state index contributed by atoms with van der Waals surface area (Å²) in [4.78, 5) is 12.0. The number of benzene rings is 1. The highest BCUT2D eigenvalue weighted by atomic mass is 79.9. The molecular weight excluding hydrogens is 294 g/mol. The number of nitrogens with two attached hydrogens (primary N) is 1. The fourth-order valence-electron chi connectivity index (χ4n) is 1.82. The lowest BCUT2D eigenvalue weighted by atomic mass is 9.93. The summed E-state index contributed by atoms with van der Waals surface area (Å²) in [5.41, 5.74) is 6.94. The molecule has 1 saturated carbocycles. The van der Waals surface area contributed by atoms with Crippen molar-refractivity contribution in [2.45, 2.75) is 25.3 Å². The zero-order valence-electron chi connectivity index (χ0n) is 9.87. The molecule has 1 fully saturated rings. The van der Waals surface area contributed by atoms with Gasteiger partial charge in [-0.2, -0.15) is 5.26 Å². The quantitative estimate of drug-likeness (QED) is 0.660. The number of hydrogen-bond acceptors (Lipinski definition) is 4. The van der Waals surface area contributed by atoms with Gasteiger partial charge in [-0.3, -0.25) is 4.79 Å². The van der Waals surface area contributed by atoms with Gasteiger partial charge >= 0.3 is 0 Å². The highest BCUT2D eigenvalue weighted by Gasteiger charge is 2.18. The number of anilines is 1. The Bertz CT molecular complexity index is 518. The van der Waals surface area contributed by atoms with Crippen LogP contribution in [0.5, 0.6) is 0 Å². The molecule has 94 valence electrons. The van der Waals surface area contributed by atoms with Gasteiger partial charge in [0.1, 0.15) is 6.07 Å². The molecule has 3 N–H and O–H groups in total. The van der Waals surface area contributed by atoms with Crippen molar-refractivity contribution in [3.63, 3.8) is 0 Å². The lowest BCUT2D eigenvalue weighted by Gasteiger charge is -2.26. The largest absolute Gasteiger partial charge is 0.397 e. The summed E-state index contributed by atoms with van der Waals surface area (Å²) in [5, 5.41) is 12.1. The molecule has 1 aromatic rings. The second-order valence-electron chi connectivity index (χ2n) is 4.46. The maximum atomic E-state index is 12.0. The van der Waals surface area contributed by atoms with Crippen LogP contribution in [0, 0.1) is 11.3 Å². The Morgan fingerprint density at radius 1 is 1.56 bits per heavy atom. The smallest absolute Gasteiger partial charge is 0.176 e. The van der Waals surface area contributed by atoms with E-state index in [1.807, 2.05) is 6.07 Å². The minimum absolute atomic E-state index is 0.0147. The van der Waals surface area contributed by atoms with Gasteiger partial charge in [0.25, 0.3) is 0 Å². The van der Waals surface area contributed by atoms with Gasteiger partial charge in [-0.1, -0.05) is 6.42 Å². The van der Waals surface area contributed by atoms with Crippen LogP contribution in [-0.2, 0) is 0 Å². The molecule has 0 saturated heterocycles. The predicted octanol–water partition coefficient (Wildman–Crippen LogP) is 2.23. The molecule has 0 radical (unpaired) electrons. The summed E-state index contributed by atoms with van der Waals surface area (Å²) in [6.45, 7) is 0.311. The first-order chi connectivity index (χ1) is 8.61. The van der Waals surface area contributed by atoms with E-state index < -0.39 is 0 Å². The lowest BCUT2D eigenvalue weighted by molar-refractivity contribution is 0.0982. The molecule has 0 atom stereocenters. The van der Waals surface area contributed by atoms with E-state index in [2.05, 4.69) is 21.2 Å². The number of nitrogens with zero attached hydrogens (tertiary/aromatic N) is 1. The topological polar surface area (TPSA) is 78.9 Å². The molecule has 1 aliphatic carbocycles. The van der Waals surface area contributed by atoms with Gasteiger partial charge in [-0.05, 0) is 40.9 Å². The maximum Gasteiger partial charge on any atom is 0.176 e. The molecule has 0 heterocycles. The van der Waals surface area contributed by atoms with Crippen LogP contribution in [0.4, 0.5) is 5.69 Å². The number of carbonyl (C=O) groups is 1. The van der Waals surface area contributed by atoms with E-state index in [-0.39, 0.29) is 5.78 Å². The molecule has 0 aliphatic heterocycles. The third-order valence-electron chi connectivity index (χ3n) is 3.23. The molecule has 0 amide bonds. The van der Waals surface area contributed by atoms with Crippen molar-refractivity contribution in [1.29, 1.82) is 5.26 Å². The Morgan fingerprint density at radius 2 is 2.28 bits per heavy atom. The number of halogens is 1. The summed E-state index contributed by atoms with van der Waals surface area (Å²) in [6, 6.07) is 5.68. The number of rotatable bonds is 4. The van der Waals surface area contributed by atoms with Gasteiger partial charge in [0.05, 0.1) is 17.8 Å². The lowest BCUT2D eigenvalue weighted by Crippen LogP contribution is -2.38. The van der Waals surface area contributed by atoms with Crippen molar-refractivity contribution in [2.24, 2.45) is 0 Å². The minimum atomic E-state index is -0.0147. The second kappa shape index (κ2) is 5.51. The van der Waals surface area contributed by atoms with E-state index in [9.17, 15) is 4.79 Å². The predicted molar refractivity (Wildman–Crippen MR) is 73.2 cm³/mol. The van der Waals surface area contributed by atoms with E-state index in [0.29, 0.717) is 33.9 Å².